The largest absolute Gasteiger partial charge is 0.319 e. The van der Waals surface area contributed by atoms with E-state index < -0.39 is 0 Å². The van der Waals surface area contributed by atoms with Crippen molar-refractivity contribution in [2.75, 3.05) is 0 Å². The van der Waals surface area contributed by atoms with Gasteiger partial charge in [0.1, 0.15) is 11.6 Å². The van der Waals surface area contributed by atoms with Crippen molar-refractivity contribution in [3.8, 4) is 11.4 Å². The van der Waals surface area contributed by atoms with Gasteiger partial charge in [0.05, 0.1) is 16.6 Å². The van der Waals surface area contributed by atoms with Gasteiger partial charge in [0.2, 0.25) is 0 Å². The van der Waals surface area contributed by atoms with Gasteiger partial charge in [0.15, 0.2) is 0 Å². The summed E-state index contributed by atoms with van der Waals surface area (Å²) in [6.07, 6.45) is 0. The monoisotopic (exact) mass is 380 g/mol. The number of fused-ring (bicyclic) bond motifs is 1. The molecule has 4 rings (SSSR count). The molecule has 0 radical (unpaired) electrons. The maximum atomic E-state index is 14.3. The number of aromatic nitrogens is 2. The van der Waals surface area contributed by atoms with E-state index in [1.165, 1.54) is 6.07 Å². The molecule has 0 unspecified atom stereocenters. The first-order valence-corrected chi connectivity index (χ1v) is 8.46. The fraction of sp³-hybridized carbons (Fsp3) is 0.0500. The summed E-state index contributed by atoms with van der Waals surface area (Å²) in [5.41, 5.74) is 3.52. The fourth-order valence-corrected chi connectivity index (χ4v) is 3.12. The van der Waals surface area contributed by atoms with E-state index in [-0.39, 0.29) is 5.82 Å². The SMILES string of the molecule is Fc1ccccc1-c1nc2ccccc2n1Cc1ccc(Br)cc1. The number of hydrogen-bond donors (Lipinski definition) is 0. The van der Waals surface area contributed by atoms with Gasteiger partial charge in [-0.25, -0.2) is 9.37 Å². The molecule has 4 heteroatoms. The lowest BCUT2D eigenvalue weighted by Crippen LogP contribution is -2.03. The Kier molecular flexibility index (Phi) is 3.90. The molecular weight excluding hydrogens is 367 g/mol. The Hall–Kier alpha value is -2.46. The maximum absolute atomic E-state index is 14.3. The van der Waals surface area contributed by atoms with Crippen molar-refractivity contribution in [1.29, 1.82) is 0 Å². The third kappa shape index (κ3) is 2.74. The number of benzene rings is 3. The summed E-state index contributed by atoms with van der Waals surface area (Å²) >= 11 is 3.46. The third-order valence-corrected chi connectivity index (χ3v) is 4.55. The van der Waals surface area contributed by atoms with Crippen LogP contribution >= 0.6 is 15.9 Å². The Morgan fingerprint density at radius 1 is 0.875 bits per heavy atom. The van der Waals surface area contributed by atoms with Crippen molar-refractivity contribution >= 4 is 27.0 Å². The normalized spacial score (nSPS) is 11.1. The molecule has 4 aromatic rings. The molecule has 0 saturated heterocycles. The highest BCUT2D eigenvalue weighted by molar-refractivity contribution is 9.10. The minimum absolute atomic E-state index is 0.259. The number of rotatable bonds is 3. The van der Waals surface area contributed by atoms with Crippen LogP contribution in [0.4, 0.5) is 4.39 Å². The van der Waals surface area contributed by atoms with E-state index in [1.54, 1.807) is 12.1 Å². The van der Waals surface area contributed by atoms with E-state index >= 15 is 0 Å². The molecule has 0 amide bonds. The van der Waals surface area contributed by atoms with Crippen LogP contribution in [0.25, 0.3) is 22.4 Å². The number of halogens is 2. The van der Waals surface area contributed by atoms with Gasteiger partial charge in [-0.3, -0.25) is 0 Å². The van der Waals surface area contributed by atoms with Crippen molar-refractivity contribution in [3.05, 3.63) is 88.6 Å². The van der Waals surface area contributed by atoms with Crippen LogP contribution in [-0.4, -0.2) is 9.55 Å². The molecular formula is C20H14BrFN2. The molecule has 1 heterocycles. The van der Waals surface area contributed by atoms with Gasteiger partial charge in [0.25, 0.3) is 0 Å². The summed E-state index contributed by atoms with van der Waals surface area (Å²) in [6.45, 7) is 0.636. The van der Waals surface area contributed by atoms with Crippen LogP contribution in [0.3, 0.4) is 0 Å². The van der Waals surface area contributed by atoms with Gasteiger partial charge in [-0.1, -0.05) is 52.3 Å². The van der Waals surface area contributed by atoms with E-state index in [0.29, 0.717) is 17.9 Å². The highest BCUT2D eigenvalue weighted by atomic mass is 79.9. The molecule has 0 aliphatic rings. The van der Waals surface area contributed by atoms with Crippen LogP contribution in [0.2, 0.25) is 0 Å². The second kappa shape index (κ2) is 6.21. The number of hydrogen-bond acceptors (Lipinski definition) is 1. The standard InChI is InChI=1S/C20H14BrFN2/c21-15-11-9-14(10-12-15)13-24-19-8-4-3-7-18(19)23-20(24)16-5-1-2-6-17(16)22/h1-12H,13H2. The van der Waals surface area contributed by atoms with Crippen LogP contribution in [0.15, 0.2) is 77.3 Å². The van der Waals surface area contributed by atoms with Gasteiger partial charge in [0, 0.05) is 11.0 Å². The summed E-state index contributed by atoms with van der Waals surface area (Å²) in [7, 11) is 0. The Morgan fingerprint density at radius 2 is 1.58 bits per heavy atom. The van der Waals surface area contributed by atoms with Crippen LogP contribution in [0, 0.1) is 5.82 Å². The molecule has 0 atom stereocenters. The van der Waals surface area contributed by atoms with Gasteiger partial charge >= 0.3 is 0 Å². The lowest BCUT2D eigenvalue weighted by Gasteiger charge is -2.10. The molecule has 0 aliphatic carbocycles. The van der Waals surface area contributed by atoms with Gasteiger partial charge in [-0.2, -0.15) is 0 Å². The number of para-hydroxylation sites is 2. The van der Waals surface area contributed by atoms with E-state index in [4.69, 9.17) is 0 Å². The minimum atomic E-state index is -0.259. The summed E-state index contributed by atoms with van der Waals surface area (Å²) in [6, 6.07) is 22.8. The molecule has 0 saturated carbocycles. The predicted octanol–water partition coefficient (Wildman–Crippen LogP) is 5.65. The lowest BCUT2D eigenvalue weighted by molar-refractivity contribution is 0.628. The molecule has 0 aliphatic heterocycles. The zero-order valence-corrected chi connectivity index (χ0v) is 14.4. The van der Waals surface area contributed by atoms with E-state index in [1.807, 2.05) is 42.5 Å². The van der Waals surface area contributed by atoms with Crippen molar-refractivity contribution in [1.82, 2.24) is 9.55 Å². The number of imidazole rings is 1. The predicted molar refractivity (Wildman–Crippen MR) is 98.4 cm³/mol. The summed E-state index contributed by atoms with van der Waals surface area (Å²) in [4.78, 5) is 4.67. The number of nitrogens with zero attached hydrogens (tertiary/aromatic N) is 2. The maximum Gasteiger partial charge on any atom is 0.144 e. The van der Waals surface area contributed by atoms with Gasteiger partial charge in [-0.05, 0) is 42.0 Å². The molecule has 1 aromatic heterocycles. The topological polar surface area (TPSA) is 17.8 Å². The van der Waals surface area contributed by atoms with Crippen LogP contribution in [0.1, 0.15) is 5.56 Å². The summed E-state index contributed by atoms with van der Waals surface area (Å²) in [5.74, 6) is 0.391. The van der Waals surface area contributed by atoms with Crippen molar-refractivity contribution in [2.24, 2.45) is 0 Å². The molecule has 24 heavy (non-hydrogen) atoms. The average molecular weight is 381 g/mol. The molecule has 3 aromatic carbocycles. The second-order valence-electron chi connectivity index (χ2n) is 5.62. The molecule has 2 nitrogen and oxygen atoms in total. The Morgan fingerprint density at radius 3 is 2.38 bits per heavy atom. The Labute approximate surface area is 147 Å². The highest BCUT2D eigenvalue weighted by Gasteiger charge is 2.15. The Bertz CT molecular complexity index is 1010. The average Bonchev–Trinajstić information content (AvgIpc) is 2.96. The van der Waals surface area contributed by atoms with E-state index in [2.05, 4.69) is 37.6 Å². The van der Waals surface area contributed by atoms with Crippen molar-refractivity contribution < 1.29 is 4.39 Å². The van der Waals surface area contributed by atoms with Crippen LogP contribution in [0.5, 0.6) is 0 Å². The third-order valence-electron chi connectivity index (χ3n) is 4.02. The second-order valence-corrected chi connectivity index (χ2v) is 6.53. The van der Waals surface area contributed by atoms with E-state index in [0.717, 1.165) is 21.1 Å². The first-order chi connectivity index (χ1) is 11.7. The first kappa shape index (κ1) is 15.1. The molecule has 0 spiro atoms. The minimum Gasteiger partial charge on any atom is -0.319 e. The lowest BCUT2D eigenvalue weighted by atomic mass is 10.2. The summed E-state index contributed by atoms with van der Waals surface area (Å²) < 4.78 is 17.4. The zero-order valence-electron chi connectivity index (χ0n) is 12.8. The zero-order chi connectivity index (χ0) is 16.5. The van der Waals surface area contributed by atoms with Gasteiger partial charge < -0.3 is 4.57 Å². The van der Waals surface area contributed by atoms with Crippen molar-refractivity contribution in [3.63, 3.8) is 0 Å². The highest BCUT2D eigenvalue weighted by Crippen LogP contribution is 2.27. The van der Waals surface area contributed by atoms with Crippen LogP contribution < -0.4 is 0 Å². The quantitative estimate of drug-likeness (QED) is 0.448. The smallest absolute Gasteiger partial charge is 0.144 e. The van der Waals surface area contributed by atoms with Gasteiger partial charge in [-0.15, -0.1) is 0 Å². The van der Waals surface area contributed by atoms with Crippen LogP contribution in [-0.2, 0) is 6.54 Å². The van der Waals surface area contributed by atoms with E-state index in [9.17, 15) is 4.39 Å². The molecule has 118 valence electrons. The summed E-state index contributed by atoms with van der Waals surface area (Å²) in [5, 5.41) is 0. The first-order valence-electron chi connectivity index (χ1n) is 7.67. The molecule has 0 bridgehead atoms. The Balaban J connectivity index is 1.90. The fourth-order valence-electron chi connectivity index (χ4n) is 2.86. The van der Waals surface area contributed by atoms with Crippen molar-refractivity contribution in [2.45, 2.75) is 6.54 Å². The molecule has 0 fully saturated rings. The molecule has 0 N–H and O–H groups in total.